The van der Waals surface area contributed by atoms with E-state index < -0.39 is 67.2 Å². The number of ether oxygens (including phenoxy) is 2. The zero-order valence-corrected chi connectivity index (χ0v) is 15.6. The lowest BCUT2D eigenvalue weighted by Crippen LogP contribution is -2.69. The normalized spacial score (nSPS) is 15.4. The van der Waals surface area contributed by atoms with E-state index in [-0.39, 0.29) is 12.8 Å². The molecule has 0 rings (SSSR count). The number of rotatable bonds is 13. The maximum atomic E-state index is 13.5. The molecule has 1 unspecified atom stereocenters. The Labute approximate surface area is 166 Å². The lowest BCUT2D eigenvalue weighted by atomic mass is 9.94. The molecular formula is C14H15ClF12O3. The summed E-state index contributed by atoms with van der Waals surface area (Å²) in [5.41, 5.74) is 0. The van der Waals surface area contributed by atoms with E-state index in [2.05, 4.69) is 9.47 Å². The third-order valence-corrected chi connectivity index (χ3v) is 3.80. The van der Waals surface area contributed by atoms with Crippen LogP contribution in [0.4, 0.5) is 52.7 Å². The van der Waals surface area contributed by atoms with Crippen LogP contribution < -0.4 is 0 Å². The monoisotopic (exact) mass is 494 g/mol. The van der Waals surface area contributed by atoms with Gasteiger partial charge in [0.1, 0.15) is 12.7 Å². The molecule has 0 aromatic heterocycles. The molecule has 3 nitrogen and oxygen atoms in total. The second kappa shape index (κ2) is 10.0. The average Bonchev–Trinajstić information content (AvgIpc) is 2.59. The van der Waals surface area contributed by atoms with Gasteiger partial charge in [0.2, 0.25) is 0 Å². The predicted molar refractivity (Wildman–Crippen MR) is 77.1 cm³/mol. The van der Waals surface area contributed by atoms with Crippen LogP contribution in [0.5, 0.6) is 0 Å². The second-order valence-electron chi connectivity index (χ2n) is 5.88. The molecule has 0 aromatic carbocycles. The molecule has 0 aliphatic heterocycles. The van der Waals surface area contributed by atoms with E-state index in [0.29, 0.717) is 0 Å². The highest BCUT2D eigenvalue weighted by Gasteiger charge is 2.87. The van der Waals surface area contributed by atoms with E-state index in [1.807, 2.05) is 0 Å². The van der Waals surface area contributed by atoms with Gasteiger partial charge >= 0.3 is 42.0 Å². The van der Waals surface area contributed by atoms with Crippen molar-refractivity contribution in [2.45, 2.75) is 61.9 Å². The van der Waals surface area contributed by atoms with Crippen molar-refractivity contribution >= 4 is 17.6 Å². The van der Waals surface area contributed by atoms with Crippen molar-refractivity contribution in [1.82, 2.24) is 0 Å². The third-order valence-electron chi connectivity index (χ3n) is 3.45. The summed E-state index contributed by atoms with van der Waals surface area (Å²) in [6.07, 6.45) is -6.98. The topological polar surface area (TPSA) is 35.5 Å². The van der Waals surface area contributed by atoms with Gasteiger partial charge in [-0.1, -0.05) is 6.92 Å². The molecule has 0 aliphatic carbocycles. The Morgan fingerprint density at radius 1 is 0.900 bits per heavy atom. The molecule has 0 saturated carbocycles. The van der Waals surface area contributed by atoms with Crippen LogP contribution in [0.3, 0.4) is 0 Å². The number of esters is 1. The van der Waals surface area contributed by atoms with Crippen LogP contribution in [-0.2, 0) is 14.3 Å². The summed E-state index contributed by atoms with van der Waals surface area (Å²) < 4.78 is 164. The van der Waals surface area contributed by atoms with Crippen LogP contribution >= 0.6 is 11.6 Å². The first-order valence-corrected chi connectivity index (χ1v) is 8.37. The molecule has 0 heterocycles. The highest BCUT2D eigenvalue weighted by Crippen LogP contribution is 2.58. The van der Waals surface area contributed by atoms with Crippen LogP contribution in [0.25, 0.3) is 0 Å². The Morgan fingerprint density at radius 3 is 1.80 bits per heavy atom. The smallest absolute Gasteiger partial charge is 0.384 e. The summed E-state index contributed by atoms with van der Waals surface area (Å²) in [5.74, 6) is -37.3. The van der Waals surface area contributed by atoms with Crippen molar-refractivity contribution < 1.29 is 67.0 Å². The summed E-state index contributed by atoms with van der Waals surface area (Å²) in [7, 11) is 0. The fourth-order valence-electron chi connectivity index (χ4n) is 1.74. The molecule has 0 spiro atoms. The van der Waals surface area contributed by atoms with Crippen LogP contribution in [0, 0.1) is 0 Å². The first kappa shape index (κ1) is 28.9. The van der Waals surface area contributed by atoms with Crippen molar-refractivity contribution in [2.75, 3.05) is 19.1 Å². The first-order chi connectivity index (χ1) is 13.3. The molecule has 1 atom stereocenters. The van der Waals surface area contributed by atoms with Gasteiger partial charge in [-0.15, -0.1) is 11.6 Å². The van der Waals surface area contributed by atoms with Gasteiger partial charge in [0, 0.05) is 6.42 Å². The summed E-state index contributed by atoms with van der Waals surface area (Å²) >= 11 is 5.30. The fourth-order valence-corrected chi connectivity index (χ4v) is 1.89. The highest BCUT2D eigenvalue weighted by atomic mass is 35.5. The molecule has 0 aliphatic rings. The van der Waals surface area contributed by atoms with Crippen LogP contribution in [-0.4, -0.2) is 67.2 Å². The summed E-state index contributed by atoms with van der Waals surface area (Å²) in [5, 5.41) is 0. The van der Waals surface area contributed by atoms with Crippen molar-refractivity contribution in [1.29, 1.82) is 0 Å². The van der Waals surface area contributed by atoms with E-state index in [4.69, 9.17) is 11.6 Å². The Morgan fingerprint density at radius 2 is 1.40 bits per heavy atom. The Kier molecular flexibility index (Phi) is 9.63. The molecular weight excluding hydrogens is 480 g/mol. The standard InChI is InChI=1S/C14H15ClF12O3/c1-2-3-8(28)30-7(4-15)5-29-6-10(18,19)12(22,23)14(26,27)13(24,25)11(20,21)9(16)17/h7,9H,2-6H2,1H3. The van der Waals surface area contributed by atoms with Crippen LogP contribution in [0.1, 0.15) is 19.8 Å². The van der Waals surface area contributed by atoms with Crippen LogP contribution in [0.2, 0.25) is 0 Å². The van der Waals surface area contributed by atoms with E-state index in [9.17, 15) is 57.5 Å². The van der Waals surface area contributed by atoms with Crippen molar-refractivity contribution in [3.8, 4) is 0 Å². The zero-order valence-electron chi connectivity index (χ0n) is 14.8. The lowest BCUT2D eigenvalue weighted by Gasteiger charge is -2.39. The predicted octanol–water partition coefficient (Wildman–Crippen LogP) is 5.40. The highest BCUT2D eigenvalue weighted by molar-refractivity contribution is 6.18. The van der Waals surface area contributed by atoms with E-state index >= 15 is 0 Å². The van der Waals surface area contributed by atoms with E-state index in [1.54, 1.807) is 6.92 Å². The van der Waals surface area contributed by atoms with Gasteiger partial charge in [0.05, 0.1) is 12.5 Å². The molecule has 0 fully saturated rings. The number of hydrogen-bond acceptors (Lipinski definition) is 3. The molecule has 0 aromatic rings. The van der Waals surface area contributed by atoms with Gasteiger partial charge in [-0.3, -0.25) is 4.79 Å². The minimum absolute atomic E-state index is 0.165. The largest absolute Gasteiger partial charge is 0.459 e. The van der Waals surface area contributed by atoms with Crippen molar-refractivity contribution in [3.05, 3.63) is 0 Å². The molecule has 0 N–H and O–H groups in total. The summed E-state index contributed by atoms with van der Waals surface area (Å²) in [6.45, 7) is -2.38. The van der Waals surface area contributed by atoms with Crippen molar-refractivity contribution in [3.63, 3.8) is 0 Å². The Hall–Kier alpha value is -1.12. The van der Waals surface area contributed by atoms with E-state index in [0.717, 1.165) is 0 Å². The average molecular weight is 495 g/mol. The molecule has 0 amide bonds. The van der Waals surface area contributed by atoms with Gasteiger partial charge in [-0.25, -0.2) is 8.78 Å². The van der Waals surface area contributed by atoms with Gasteiger partial charge < -0.3 is 9.47 Å². The summed E-state index contributed by atoms with van der Waals surface area (Å²) in [6, 6.07) is 0. The number of carbonyl (C=O) groups is 1. The number of carbonyl (C=O) groups excluding carboxylic acids is 1. The molecule has 180 valence electrons. The molecule has 0 radical (unpaired) electrons. The maximum absolute atomic E-state index is 13.5. The van der Waals surface area contributed by atoms with Gasteiger partial charge in [0.25, 0.3) is 0 Å². The SMILES string of the molecule is CCCC(=O)OC(CCl)COCC(F)(F)C(F)(F)C(F)(F)C(F)(F)C(F)(F)C(F)F. The number of hydrogen-bond donors (Lipinski definition) is 0. The van der Waals surface area contributed by atoms with Gasteiger partial charge in [-0.2, -0.15) is 43.9 Å². The fraction of sp³-hybridized carbons (Fsp3) is 0.929. The quantitative estimate of drug-likeness (QED) is 0.196. The molecule has 0 saturated heterocycles. The Bertz CT molecular complexity index is 570. The second-order valence-corrected chi connectivity index (χ2v) is 6.19. The number of alkyl halides is 13. The van der Waals surface area contributed by atoms with Crippen molar-refractivity contribution in [2.24, 2.45) is 0 Å². The maximum Gasteiger partial charge on any atom is 0.384 e. The summed E-state index contributed by atoms with van der Waals surface area (Å²) in [4.78, 5) is 11.2. The molecule has 0 bridgehead atoms. The Balaban J connectivity index is 5.44. The van der Waals surface area contributed by atoms with Gasteiger partial charge in [0.15, 0.2) is 0 Å². The minimum Gasteiger partial charge on any atom is -0.459 e. The zero-order chi connectivity index (χ0) is 24.2. The number of halogens is 13. The molecule has 16 heteroatoms. The minimum atomic E-state index is -7.62. The van der Waals surface area contributed by atoms with E-state index in [1.165, 1.54) is 0 Å². The van der Waals surface area contributed by atoms with Crippen LogP contribution in [0.15, 0.2) is 0 Å². The molecule has 30 heavy (non-hydrogen) atoms. The first-order valence-electron chi connectivity index (χ1n) is 7.83. The lowest BCUT2D eigenvalue weighted by molar-refractivity contribution is -0.415. The van der Waals surface area contributed by atoms with Gasteiger partial charge in [-0.05, 0) is 6.42 Å². The third kappa shape index (κ3) is 5.56.